The fourth-order valence-corrected chi connectivity index (χ4v) is 4.53. The monoisotopic (exact) mass is 468 g/mol. The van der Waals surface area contributed by atoms with Crippen LogP contribution in [0.2, 0.25) is 0 Å². The van der Waals surface area contributed by atoms with E-state index >= 15 is 0 Å². The van der Waals surface area contributed by atoms with E-state index in [2.05, 4.69) is 61.5 Å². The van der Waals surface area contributed by atoms with Crippen molar-refractivity contribution in [2.45, 2.75) is 38.8 Å². The zero-order valence-corrected chi connectivity index (χ0v) is 18.6. The van der Waals surface area contributed by atoms with Gasteiger partial charge < -0.3 is 15.2 Å². The number of fused-ring (bicyclic) bond motifs is 1. The van der Waals surface area contributed by atoms with Crippen LogP contribution < -0.4 is 5.32 Å². The summed E-state index contributed by atoms with van der Waals surface area (Å²) in [6, 6.07) is 11.9. The maximum atomic E-state index is 13.1. The van der Waals surface area contributed by atoms with Gasteiger partial charge in [-0.25, -0.2) is 4.98 Å². The highest BCUT2D eigenvalue weighted by Gasteiger charge is 2.36. The first-order chi connectivity index (χ1) is 14.5. The second kappa shape index (κ2) is 8.60. The number of aromatic amines is 1. The van der Waals surface area contributed by atoms with Crippen molar-refractivity contribution in [3.05, 3.63) is 52.9 Å². The molecule has 0 saturated carbocycles. The minimum absolute atomic E-state index is 0.0220. The summed E-state index contributed by atoms with van der Waals surface area (Å²) in [5.41, 5.74) is 1.99. The van der Waals surface area contributed by atoms with E-state index in [0.29, 0.717) is 13.0 Å². The number of H-pyrrole nitrogens is 1. The number of carbonyl (C=O) groups is 2. The molecule has 1 fully saturated rings. The van der Waals surface area contributed by atoms with Crippen LogP contribution in [-0.4, -0.2) is 39.8 Å². The van der Waals surface area contributed by atoms with Crippen LogP contribution in [0.3, 0.4) is 0 Å². The SMILES string of the molecule is CC(C)C(NC=O)C(=O)N1CCC[C@H]1c1ncc(-c2ccc3cc(Br)ccc3c2)[nH]1. The summed E-state index contributed by atoms with van der Waals surface area (Å²) in [6.07, 6.45) is 4.22. The van der Waals surface area contributed by atoms with E-state index in [1.807, 2.05) is 31.0 Å². The molecule has 1 aliphatic rings. The van der Waals surface area contributed by atoms with Gasteiger partial charge in [-0.2, -0.15) is 0 Å². The van der Waals surface area contributed by atoms with E-state index in [9.17, 15) is 9.59 Å². The molecule has 7 heteroatoms. The van der Waals surface area contributed by atoms with Gasteiger partial charge in [-0.1, -0.05) is 48.0 Å². The Hall–Kier alpha value is -2.67. The Kier molecular flexibility index (Phi) is 5.90. The maximum absolute atomic E-state index is 13.1. The summed E-state index contributed by atoms with van der Waals surface area (Å²) in [7, 11) is 0. The number of benzene rings is 2. The normalized spacial score (nSPS) is 17.5. The van der Waals surface area contributed by atoms with Gasteiger partial charge in [-0.3, -0.25) is 9.59 Å². The van der Waals surface area contributed by atoms with Crippen molar-refractivity contribution in [2.24, 2.45) is 5.92 Å². The number of imidazole rings is 1. The summed E-state index contributed by atoms with van der Waals surface area (Å²) in [4.78, 5) is 33.9. The lowest BCUT2D eigenvalue weighted by molar-refractivity contribution is -0.137. The Labute approximate surface area is 184 Å². The Morgan fingerprint density at radius 3 is 2.80 bits per heavy atom. The molecular weight excluding hydrogens is 444 g/mol. The number of likely N-dealkylation sites (tertiary alicyclic amines) is 1. The van der Waals surface area contributed by atoms with Crippen LogP contribution in [0.25, 0.3) is 22.0 Å². The van der Waals surface area contributed by atoms with Crippen LogP contribution in [0.1, 0.15) is 38.6 Å². The van der Waals surface area contributed by atoms with Gasteiger partial charge >= 0.3 is 0 Å². The minimum Gasteiger partial charge on any atom is -0.347 e. The van der Waals surface area contributed by atoms with Crippen LogP contribution in [0.15, 0.2) is 47.1 Å². The zero-order valence-electron chi connectivity index (χ0n) is 17.1. The summed E-state index contributed by atoms with van der Waals surface area (Å²) >= 11 is 3.51. The second-order valence-corrected chi connectivity index (χ2v) is 9.00. The van der Waals surface area contributed by atoms with Crippen LogP contribution in [0.4, 0.5) is 0 Å². The third-order valence-corrected chi connectivity index (χ3v) is 6.23. The van der Waals surface area contributed by atoms with Gasteiger partial charge in [-0.15, -0.1) is 0 Å². The third kappa shape index (κ3) is 3.99. The fraction of sp³-hybridized carbons (Fsp3) is 0.348. The molecule has 1 saturated heterocycles. The number of aromatic nitrogens is 2. The Balaban J connectivity index is 1.59. The zero-order chi connectivity index (χ0) is 21.3. The molecule has 2 atom stereocenters. The summed E-state index contributed by atoms with van der Waals surface area (Å²) in [5, 5.41) is 5.00. The molecule has 1 unspecified atom stereocenters. The van der Waals surface area contributed by atoms with E-state index < -0.39 is 6.04 Å². The molecule has 6 nitrogen and oxygen atoms in total. The number of halogens is 1. The van der Waals surface area contributed by atoms with Crippen molar-refractivity contribution >= 4 is 39.0 Å². The molecule has 0 spiro atoms. The van der Waals surface area contributed by atoms with Crippen molar-refractivity contribution < 1.29 is 9.59 Å². The number of rotatable bonds is 6. The number of hydrogen-bond donors (Lipinski definition) is 2. The van der Waals surface area contributed by atoms with Gasteiger partial charge in [0.1, 0.15) is 11.9 Å². The van der Waals surface area contributed by atoms with E-state index in [0.717, 1.165) is 39.8 Å². The van der Waals surface area contributed by atoms with Crippen molar-refractivity contribution in [1.29, 1.82) is 0 Å². The second-order valence-electron chi connectivity index (χ2n) is 8.08. The first-order valence-corrected chi connectivity index (χ1v) is 11.0. The lowest BCUT2D eigenvalue weighted by Gasteiger charge is -2.29. The Morgan fingerprint density at radius 2 is 2.03 bits per heavy atom. The minimum atomic E-state index is -0.516. The van der Waals surface area contributed by atoms with Gasteiger partial charge in [0.05, 0.1) is 17.9 Å². The molecule has 1 aliphatic heterocycles. The van der Waals surface area contributed by atoms with Crippen molar-refractivity contribution in [1.82, 2.24) is 20.2 Å². The first kappa shape index (κ1) is 20.6. The molecule has 156 valence electrons. The fourth-order valence-electron chi connectivity index (χ4n) is 4.15. The van der Waals surface area contributed by atoms with Gasteiger partial charge in [0.2, 0.25) is 12.3 Å². The molecule has 0 radical (unpaired) electrons. The van der Waals surface area contributed by atoms with E-state index in [-0.39, 0.29) is 17.9 Å². The van der Waals surface area contributed by atoms with Crippen LogP contribution >= 0.6 is 15.9 Å². The van der Waals surface area contributed by atoms with Gasteiger partial charge in [0, 0.05) is 16.6 Å². The van der Waals surface area contributed by atoms with E-state index in [1.165, 1.54) is 5.39 Å². The summed E-state index contributed by atoms with van der Waals surface area (Å²) in [5.74, 6) is 0.767. The van der Waals surface area contributed by atoms with Crippen molar-refractivity contribution in [3.8, 4) is 11.3 Å². The predicted octanol–water partition coefficient (Wildman–Crippen LogP) is 4.43. The Bertz CT molecular complexity index is 1080. The Morgan fingerprint density at radius 1 is 1.27 bits per heavy atom. The molecular formula is C23H25BrN4O2. The molecule has 3 aromatic rings. The quantitative estimate of drug-likeness (QED) is 0.525. The standard InChI is InChI=1S/C23H25BrN4O2/c1-14(2)21(26-13-29)23(30)28-9-3-4-20(28)22-25-12-19(27-22)17-6-5-16-11-18(24)8-7-15(16)10-17/h5-8,10-14,20-21H,3-4,9H2,1-2H3,(H,25,27)(H,26,29)/t20-,21?/m0/s1. The lowest BCUT2D eigenvalue weighted by atomic mass is 10.0. The molecule has 2 amide bonds. The molecule has 0 bridgehead atoms. The van der Waals surface area contributed by atoms with E-state index in [4.69, 9.17) is 0 Å². The third-order valence-electron chi connectivity index (χ3n) is 5.74. The van der Waals surface area contributed by atoms with Crippen LogP contribution in [-0.2, 0) is 9.59 Å². The molecule has 0 aliphatic carbocycles. The molecule has 2 N–H and O–H groups in total. The van der Waals surface area contributed by atoms with Gasteiger partial charge in [-0.05, 0) is 47.7 Å². The van der Waals surface area contributed by atoms with Crippen molar-refractivity contribution in [3.63, 3.8) is 0 Å². The number of nitrogens with zero attached hydrogens (tertiary/aromatic N) is 2. The average Bonchev–Trinajstić information content (AvgIpc) is 3.40. The highest BCUT2D eigenvalue weighted by Crippen LogP contribution is 2.33. The first-order valence-electron chi connectivity index (χ1n) is 10.2. The number of hydrogen-bond acceptors (Lipinski definition) is 3. The molecule has 2 aromatic carbocycles. The topological polar surface area (TPSA) is 78.1 Å². The van der Waals surface area contributed by atoms with Crippen molar-refractivity contribution in [2.75, 3.05) is 6.54 Å². The van der Waals surface area contributed by atoms with Gasteiger partial charge in [0.25, 0.3) is 0 Å². The van der Waals surface area contributed by atoms with Crippen LogP contribution in [0, 0.1) is 5.92 Å². The van der Waals surface area contributed by atoms with Gasteiger partial charge in [0.15, 0.2) is 0 Å². The summed E-state index contributed by atoms with van der Waals surface area (Å²) < 4.78 is 1.06. The summed E-state index contributed by atoms with van der Waals surface area (Å²) in [6.45, 7) is 4.55. The largest absolute Gasteiger partial charge is 0.347 e. The molecule has 30 heavy (non-hydrogen) atoms. The highest BCUT2D eigenvalue weighted by molar-refractivity contribution is 9.10. The number of carbonyl (C=O) groups excluding carboxylic acids is 2. The van der Waals surface area contributed by atoms with E-state index in [1.54, 1.807) is 0 Å². The number of nitrogens with one attached hydrogen (secondary N) is 2. The molecule has 4 rings (SSSR count). The smallest absolute Gasteiger partial charge is 0.246 e. The highest BCUT2D eigenvalue weighted by atomic mass is 79.9. The average molecular weight is 469 g/mol. The number of amides is 2. The maximum Gasteiger partial charge on any atom is 0.246 e. The predicted molar refractivity (Wildman–Crippen MR) is 121 cm³/mol. The van der Waals surface area contributed by atoms with Crippen LogP contribution in [0.5, 0.6) is 0 Å². The lowest BCUT2D eigenvalue weighted by Crippen LogP contribution is -2.48. The molecule has 1 aromatic heterocycles. The molecule has 2 heterocycles.